The van der Waals surface area contributed by atoms with Gasteiger partial charge in [0.2, 0.25) is 0 Å². The van der Waals surface area contributed by atoms with Crippen molar-refractivity contribution in [1.29, 1.82) is 0 Å². The monoisotopic (exact) mass is 287 g/mol. The lowest BCUT2D eigenvalue weighted by Gasteiger charge is -2.26. The van der Waals surface area contributed by atoms with Gasteiger partial charge in [-0.1, -0.05) is 18.2 Å². The summed E-state index contributed by atoms with van der Waals surface area (Å²) in [4.78, 5) is 0. The SMILES string of the molecule is CNC(c1cc(F)ccc1C)c1cccc2c1OCCO2. The van der Waals surface area contributed by atoms with Gasteiger partial charge in [-0.2, -0.15) is 0 Å². The van der Waals surface area contributed by atoms with Gasteiger partial charge in [-0.3, -0.25) is 0 Å². The van der Waals surface area contributed by atoms with Crippen LogP contribution in [0.4, 0.5) is 4.39 Å². The first-order valence-electron chi connectivity index (χ1n) is 7.02. The molecule has 1 aliphatic rings. The predicted octanol–water partition coefficient (Wildman–Crippen LogP) is 3.21. The normalized spacial score (nSPS) is 14.8. The zero-order valence-electron chi connectivity index (χ0n) is 12.2. The standard InChI is InChI=1S/C17H18FNO2/c1-11-6-7-12(18)10-14(11)16(19-2)13-4-3-5-15-17(13)21-9-8-20-15/h3-7,10,16,19H,8-9H2,1-2H3. The molecule has 0 saturated heterocycles. The molecule has 1 unspecified atom stereocenters. The van der Waals surface area contributed by atoms with Gasteiger partial charge in [0.15, 0.2) is 11.5 Å². The van der Waals surface area contributed by atoms with Crippen LogP contribution in [0.3, 0.4) is 0 Å². The molecule has 1 heterocycles. The van der Waals surface area contributed by atoms with Crippen LogP contribution in [0.1, 0.15) is 22.7 Å². The van der Waals surface area contributed by atoms with Gasteiger partial charge in [0, 0.05) is 5.56 Å². The van der Waals surface area contributed by atoms with Crippen LogP contribution in [-0.4, -0.2) is 20.3 Å². The average molecular weight is 287 g/mol. The van der Waals surface area contributed by atoms with E-state index in [1.807, 2.05) is 32.2 Å². The van der Waals surface area contributed by atoms with Crippen LogP contribution in [0.25, 0.3) is 0 Å². The Morgan fingerprint density at radius 3 is 2.71 bits per heavy atom. The molecule has 3 rings (SSSR count). The minimum atomic E-state index is -0.238. The summed E-state index contributed by atoms with van der Waals surface area (Å²) >= 11 is 0. The van der Waals surface area contributed by atoms with Crippen molar-refractivity contribution >= 4 is 0 Å². The molecule has 0 aliphatic carbocycles. The second-order valence-corrected chi connectivity index (χ2v) is 5.09. The molecular weight excluding hydrogens is 269 g/mol. The van der Waals surface area contributed by atoms with E-state index in [1.54, 1.807) is 12.1 Å². The minimum absolute atomic E-state index is 0.141. The quantitative estimate of drug-likeness (QED) is 0.940. The molecule has 21 heavy (non-hydrogen) atoms. The third kappa shape index (κ3) is 2.59. The lowest BCUT2D eigenvalue weighted by atomic mass is 9.94. The Balaban J connectivity index is 2.10. The summed E-state index contributed by atoms with van der Waals surface area (Å²) in [5, 5.41) is 3.25. The molecule has 0 aromatic heterocycles. The van der Waals surface area contributed by atoms with Crippen molar-refractivity contribution in [3.63, 3.8) is 0 Å². The molecule has 1 N–H and O–H groups in total. The van der Waals surface area contributed by atoms with Crippen molar-refractivity contribution < 1.29 is 13.9 Å². The van der Waals surface area contributed by atoms with E-state index >= 15 is 0 Å². The van der Waals surface area contributed by atoms with Crippen LogP contribution in [0.5, 0.6) is 11.5 Å². The number of nitrogens with one attached hydrogen (secondary N) is 1. The number of hydrogen-bond donors (Lipinski definition) is 1. The van der Waals surface area contributed by atoms with E-state index in [-0.39, 0.29) is 11.9 Å². The van der Waals surface area contributed by atoms with Crippen molar-refractivity contribution in [2.75, 3.05) is 20.3 Å². The van der Waals surface area contributed by atoms with Gasteiger partial charge in [-0.25, -0.2) is 4.39 Å². The van der Waals surface area contributed by atoms with Gasteiger partial charge in [-0.15, -0.1) is 0 Å². The van der Waals surface area contributed by atoms with Gasteiger partial charge < -0.3 is 14.8 Å². The molecule has 0 amide bonds. The molecular formula is C17H18FNO2. The van der Waals surface area contributed by atoms with Crippen molar-refractivity contribution in [1.82, 2.24) is 5.32 Å². The number of para-hydroxylation sites is 1. The number of rotatable bonds is 3. The summed E-state index contributed by atoms with van der Waals surface area (Å²) in [6, 6.07) is 10.5. The van der Waals surface area contributed by atoms with Gasteiger partial charge in [-0.05, 0) is 43.3 Å². The molecule has 1 atom stereocenters. The van der Waals surface area contributed by atoms with E-state index in [2.05, 4.69) is 5.32 Å². The summed E-state index contributed by atoms with van der Waals surface area (Å²) in [6.45, 7) is 3.06. The predicted molar refractivity (Wildman–Crippen MR) is 79.5 cm³/mol. The molecule has 2 aromatic rings. The Hall–Kier alpha value is -2.07. The fourth-order valence-electron chi connectivity index (χ4n) is 2.72. The number of benzene rings is 2. The van der Waals surface area contributed by atoms with Crippen molar-refractivity contribution in [3.8, 4) is 11.5 Å². The van der Waals surface area contributed by atoms with Crippen LogP contribution >= 0.6 is 0 Å². The van der Waals surface area contributed by atoms with Crippen molar-refractivity contribution in [2.45, 2.75) is 13.0 Å². The molecule has 1 aliphatic heterocycles. The smallest absolute Gasteiger partial charge is 0.166 e. The highest BCUT2D eigenvalue weighted by Gasteiger charge is 2.23. The van der Waals surface area contributed by atoms with E-state index in [4.69, 9.17) is 9.47 Å². The first-order valence-corrected chi connectivity index (χ1v) is 7.02. The Labute approximate surface area is 123 Å². The molecule has 3 nitrogen and oxygen atoms in total. The lowest BCUT2D eigenvalue weighted by Crippen LogP contribution is -2.23. The van der Waals surface area contributed by atoms with E-state index in [0.29, 0.717) is 13.2 Å². The molecule has 0 radical (unpaired) electrons. The van der Waals surface area contributed by atoms with Crippen LogP contribution in [-0.2, 0) is 0 Å². The van der Waals surface area contributed by atoms with Gasteiger partial charge in [0.05, 0.1) is 6.04 Å². The minimum Gasteiger partial charge on any atom is -0.486 e. The first-order chi connectivity index (χ1) is 10.2. The zero-order chi connectivity index (χ0) is 14.8. The van der Waals surface area contributed by atoms with E-state index in [0.717, 1.165) is 28.2 Å². The third-order valence-corrected chi connectivity index (χ3v) is 3.75. The highest BCUT2D eigenvalue weighted by atomic mass is 19.1. The lowest BCUT2D eigenvalue weighted by molar-refractivity contribution is 0.169. The maximum absolute atomic E-state index is 13.6. The molecule has 2 aromatic carbocycles. The number of ether oxygens (including phenoxy) is 2. The maximum atomic E-state index is 13.6. The van der Waals surface area contributed by atoms with Crippen molar-refractivity contribution in [2.24, 2.45) is 0 Å². The van der Waals surface area contributed by atoms with Gasteiger partial charge in [0.1, 0.15) is 19.0 Å². The average Bonchev–Trinajstić information content (AvgIpc) is 2.51. The second-order valence-electron chi connectivity index (χ2n) is 5.09. The first kappa shape index (κ1) is 13.9. The maximum Gasteiger partial charge on any atom is 0.166 e. The Kier molecular flexibility index (Phi) is 3.80. The summed E-state index contributed by atoms with van der Waals surface area (Å²) in [5.74, 6) is 1.25. The summed E-state index contributed by atoms with van der Waals surface area (Å²) in [5.41, 5.74) is 2.90. The third-order valence-electron chi connectivity index (χ3n) is 3.75. The number of aryl methyl sites for hydroxylation is 1. The van der Waals surface area contributed by atoms with E-state index in [1.165, 1.54) is 6.07 Å². The molecule has 0 fully saturated rings. The number of halogens is 1. The van der Waals surface area contributed by atoms with Crippen LogP contribution in [0, 0.1) is 12.7 Å². The molecule has 4 heteroatoms. The van der Waals surface area contributed by atoms with E-state index in [9.17, 15) is 4.39 Å². The van der Waals surface area contributed by atoms with Gasteiger partial charge >= 0.3 is 0 Å². The van der Waals surface area contributed by atoms with Crippen LogP contribution in [0.15, 0.2) is 36.4 Å². The van der Waals surface area contributed by atoms with Gasteiger partial charge in [0.25, 0.3) is 0 Å². The molecule has 0 saturated carbocycles. The van der Waals surface area contributed by atoms with Crippen LogP contribution in [0.2, 0.25) is 0 Å². The second kappa shape index (κ2) is 5.74. The highest BCUT2D eigenvalue weighted by Crippen LogP contribution is 2.39. The Morgan fingerprint density at radius 2 is 1.90 bits per heavy atom. The summed E-state index contributed by atoms with van der Waals surface area (Å²) in [7, 11) is 1.86. The van der Waals surface area contributed by atoms with Crippen LogP contribution < -0.4 is 14.8 Å². The molecule has 0 bridgehead atoms. The van der Waals surface area contributed by atoms with E-state index < -0.39 is 0 Å². The number of fused-ring (bicyclic) bond motifs is 1. The fraction of sp³-hybridized carbons (Fsp3) is 0.294. The number of hydrogen-bond acceptors (Lipinski definition) is 3. The fourth-order valence-corrected chi connectivity index (χ4v) is 2.72. The molecule has 0 spiro atoms. The van der Waals surface area contributed by atoms with Crippen molar-refractivity contribution in [3.05, 3.63) is 58.9 Å². The molecule has 110 valence electrons. The Bertz CT molecular complexity index is 657. The largest absolute Gasteiger partial charge is 0.486 e. The topological polar surface area (TPSA) is 30.5 Å². The zero-order valence-corrected chi connectivity index (χ0v) is 12.2. The summed E-state index contributed by atoms with van der Waals surface area (Å²) in [6.07, 6.45) is 0. The summed E-state index contributed by atoms with van der Waals surface area (Å²) < 4.78 is 25.0. The Morgan fingerprint density at radius 1 is 1.10 bits per heavy atom. The highest BCUT2D eigenvalue weighted by molar-refractivity contribution is 5.52.